The van der Waals surface area contributed by atoms with Crippen LogP contribution in [0, 0.1) is 6.92 Å². The maximum Gasteiger partial charge on any atom is 0.238 e. The Kier molecular flexibility index (Phi) is 5.18. The third kappa shape index (κ3) is 4.15. The maximum absolute atomic E-state index is 12.9. The highest BCUT2D eigenvalue weighted by Crippen LogP contribution is 2.35. The van der Waals surface area contributed by atoms with Crippen LogP contribution < -0.4 is 0 Å². The standard InChI is InChI=1S/C19H25N3O3S/c1-14-11-16(21(2)20-14)12-22(19(23)13-26(3,24)25)18-10-6-8-15-7-4-5-9-17(15)18/h4-5,7,9,11,18H,6,8,10,12-13H2,1-3H3/t18-/m0/s1. The molecule has 140 valence electrons. The molecule has 1 amide bonds. The molecule has 0 spiro atoms. The van der Waals surface area contributed by atoms with E-state index < -0.39 is 15.6 Å². The highest BCUT2D eigenvalue weighted by Gasteiger charge is 2.31. The number of aromatic nitrogens is 2. The second kappa shape index (κ2) is 7.23. The highest BCUT2D eigenvalue weighted by atomic mass is 32.2. The minimum absolute atomic E-state index is 0.107. The Labute approximate surface area is 154 Å². The van der Waals surface area contributed by atoms with Crippen molar-refractivity contribution in [3.63, 3.8) is 0 Å². The summed E-state index contributed by atoms with van der Waals surface area (Å²) >= 11 is 0. The van der Waals surface area contributed by atoms with E-state index in [0.717, 1.165) is 42.5 Å². The number of sulfone groups is 1. The van der Waals surface area contributed by atoms with Crippen LogP contribution in [0.3, 0.4) is 0 Å². The van der Waals surface area contributed by atoms with Gasteiger partial charge >= 0.3 is 0 Å². The van der Waals surface area contributed by atoms with Gasteiger partial charge in [0.15, 0.2) is 9.84 Å². The zero-order valence-corrected chi connectivity index (χ0v) is 16.3. The molecule has 1 aliphatic rings. The molecule has 0 aliphatic heterocycles. The molecule has 0 saturated carbocycles. The van der Waals surface area contributed by atoms with E-state index in [1.165, 1.54) is 5.56 Å². The number of aryl methyl sites for hydroxylation is 3. The van der Waals surface area contributed by atoms with E-state index in [2.05, 4.69) is 11.2 Å². The van der Waals surface area contributed by atoms with Crippen molar-refractivity contribution in [2.24, 2.45) is 7.05 Å². The average Bonchev–Trinajstić information content (AvgIpc) is 2.88. The van der Waals surface area contributed by atoms with E-state index in [1.807, 2.05) is 38.2 Å². The van der Waals surface area contributed by atoms with Gasteiger partial charge in [-0.1, -0.05) is 24.3 Å². The lowest BCUT2D eigenvalue weighted by Gasteiger charge is -2.36. The van der Waals surface area contributed by atoms with Crippen molar-refractivity contribution in [3.05, 3.63) is 52.8 Å². The van der Waals surface area contributed by atoms with Gasteiger partial charge in [-0.05, 0) is 43.4 Å². The van der Waals surface area contributed by atoms with E-state index in [4.69, 9.17) is 0 Å². The summed E-state index contributed by atoms with van der Waals surface area (Å²) in [7, 11) is -1.55. The first-order chi connectivity index (χ1) is 12.2. The van der Waals surface area contributed by atoms with Gasteiger partial charge in [0.05, 0.1) is 24.0 Å². The fourth-order valence-corrected chi connectivity index (χ4v) is 4.33. The molecule has 0 N–H and O–H groups in total. The Morgan fingerprint density at radius 2 is 2.08 bits per heavy atom. The molecule has 26 heavy (non-hydrogen) atoms. The Bertz CT molecular complexity index is 918. The quantitative estimate of drug-likeness (QED) is 0.803. The van der Waals surface area contributed by atoms with E-state index in [9.17, 15) is 13.2 Å². The van der Waals surface area contributed by atoms with Crippen LogP contribution in [0.15, 0.2) is 30.3 Å². The number of hydrogen-bond donors (Lipinski definition) is 0. The zero-order valence-electron chi connectivity index (χ0n) is 15.5. The third-order valence-electron chi connectivity index (χ3n) is 4.85. The molecule has 7 heteroatoms. The lowest BCUT2D eigenvalue weighted by atomic mass is 9.86. The van der Waals surface area contributed by atoms with E-state index in [1.54, 1.807) is 9.58 Å². The van der Waals surface area contributed by atoms with Gasteiger partial charge in [-0.15, -0.1) is 0 Å². The van der Waals surface area contributed by atoms with Crippen LogP contribution >= 0.6 is 0 Å². The van der Waals surface area contributed by atoms with Crippen LogP contribution in [0.4, 0.5) is 0 Å². The lowest BCUT2D eigenvalue weighted by molar-refractivity contribution is -0.132. The summed E-state index contributed by atoms with van der Waals surface area (Å²) < 4.78 is 25.2. The van der Waals surface area contributed by atoms with E-state index in [-0.39, 0.29) is 11.9 Å². The van der Waals surface area contributed by atoms with Crippen LogP contribution in [0.1, 0.15) is 41.4 Å². The molecule has 0 unspecified atom stereocenters. The average molecular weight is 375 g/mol. The molecule has 0 saturated heterocycles. The predicted molar refractivity (Wildman–Crippen MR) is 100 cm³/mol. The number of nitrogens with zero attached hydrogens (tertiary/aromatic N) is 3. The Morgan fingerprint density at radius 1 is 1.35 bits per heavy atom. The molecule has 0 radical (unpaired) electrons. The molecular formula is C19H25N3O3S. The Hall–Kier alpha value is -2.15. The number of benzene rings is 1. The second-order valence-electron chi connectivity index (χ2n) is 7.10. The topological polar surface area (TPSA) is 72.3 Å². The van der Waals surface area contributed by atoms with Crippen LogP contribution in [0.2, 0.25) is 0 Å². The van der Waals surface area contributed by atoms with Crippen molar-refractivity contribution < 1.29 is 13.2 Å². The molecule has 6 nitrogen and oxygen atoms in total. The lowest BCUT2D eigenvalue weighted by Crippen LogP contribution is -2.39. The molecular weight excluding hydrogens is 350 g/mol. The fourth-order valence-electron chi connectivity index (χ4n) is 3.72. The maximum atomic E-state index is 12.9. The van der Waals surface area contributed by atoms with Gasteiger partial charge in [-0.2, -0.15) is 5.10 Å². The number of rotatable bonds is 5. The molecule has 1 atom stereocenters. The first kappa shape index (κ1) is 18.6. The predicted octanol–water partition coefficient (Wildman–Crippen LogP) is 2.18. The van der Waals surface area contributed by atoms with Gasteiger partial charge in [0.25, 0.3) is 0 Å². The minimum atomic E-state index is -3.40. The number of carbonyl (C=O) groups is 1. The van der Waals surface area contributed by atoms with Crippen molar-refractivity contribution in [3.8, 4) is 0 Å². The zero-order chi connectivity index (χ0) is 18.9. The summed E-state index contributed by atoms with van der Waals surface area (Å²) in [6.45, 7) is 2.26. The monoisotopic (exact) mass is 375 g/mol. The second-order valence-corrected chi connectivity index (χ2v) is 9.24. The Balaban J connectivity index is 1.98. The molecule has 1 heterocycles. The first-order valence-electron chi connectivity index (χ1n) is 8.79. The van der Waals surface area contributed by atoms with Crippen LogP contribution in [-0.4, -0.2) is 41.0 Å². The highest BCUT2D eigenvalue weighted by molar-refractivity contribution is 7.91. The Morgan fingerprint density at radius 3 is 2.73 bits per heavy atom. The van der Waals surface area contributed by atoms with Crippen molar-refractivity contribution in [1.29, 1.82) is 0 Å². The summed E-state index contributed by atoms with van der Waals surface area (Å²) in [5.41, 5.74) is 4.14. The fraction of sp³-hybridized carbons (Fsp3) is 0.474. The SMILES string of the molecule is Cc1cc(CN(C(=O)CS(C)(=O)=O)[C@H]2CCCc3ccccc32)n(C)n1. The van der Waals surface area contributed by atoms with Gasteiger partial charge in [0, 0.05) is 13.3 Å². The molecule has 1 aromatic heterocycles. The molecule has 0 bridgehead atoms. The summed E-state index contributed by atoms with van der Waals surface area (Å²) in [4.78, 5) is 14.6. The summed E-state index contributed by atoms with van der Waals surface area (Å²) in [6, 6.07) is 9.96. The van der Waals surface area contributed by atoms with Crippen LogP contribution in [0.5, 0.6) is 0 Å². The molecule has 0 fully saturated rings. The number of carbonyl (C=O) groups excluding carboxylic acids is 1. The van der Waals surface area contributed by atoms with Crippen molar-refractivity contribution in [2.45, 2.75) is 38.8 Å². The molecule has 3 rings (SSSR count). The van der Waals surface area contributed by atoms with Gasteiger partial charge < -0.3 is 4.90 Å². The van der Waals surface area contributed by atoms with Crippen molar-refractivity contribution >= 4 is 15.7 Å². The summed E-state index contributed by atoms with van der Waals surface area (Å²) in [6.07, 6.45) is 3.91. The van der Waals surface area contributed by atoms with Crippen molar-refractivity contribution in [2.75, 3.05) is 12.0 Å². The van der Waals surface area contributed by atoms with E-state index in [0.29, 0.717) is 6.54 Å². The van der Waals surface area contributed by atoms with Gasteiger partial charge in [-0.25, -0.2) is 8.42 Å². The molecule has 2 aromatic rings. The smallest absolute Gasteiger partial charge is 0.238 e. The normalized spacial score (nSPS) is 17.0. The van der Waals surface area contributed by atoms with Gasteiger partial charge in [0.1, 0.15) is 5.75 Å². The number of hydrogen-bond acceptors (Lipinski definition) is 4. The molecule has 1 aliphatic carbocycles. The van der Waals surface area contributed by atoms with Crippen LogP contribution in [-0.2, 0) is 34.6 Å². The summed E-state index contributed by atoms with van der Waals surface area (Å²) in [5.74, 6) is -0.823. The van der Waals surface area contributed by atoms with Crippen molar-refractivity contribution in [1.82, 2.24) is 14.7 Å². The first-order valence-corrected chi connectivity index (χ1v) is 10.8. The van der Waals surface area contributed by atoms with Gasteiger partial charge in [-0.3, -0.25) is 9.48 Å². The number of amides is 1. The van der Waals surface area contributed by atoms with Crippen LogP contribution in [0.25, 0.3) is 0 Å². The minimum Gasteiger partial charge on any atom is -0.329 e. The largest absolute Gasteiger partial charge is 0.329 e. The summed E-state index contributed by atoms with van der Waals surface area (Å²) in [5, 5.41) is 4.35. The van der Waals surface area contributed by atoms with E-state index >= 15 is 0 Å². The number of fused-ring (bicyclic) bond motifs is 1. The third-order valence-corrected chi connectivity index (χ3v) is 5.62. The van der Waals surface area contributed by atoms with Gasteiger partial charge in [0.2, 0.25) is 5.91 Å². The molecule has 1 aromatic carbocycles.